The first-order valence-electron chi connectivity index (χ1n) is 13.4. The Balaban J connectivity index is 1.49. The number of esters is 1. The molecular formula is C28H43N5O2. The van der Waals surface area contributed by atoms with Crippen molar-refractivity contribution in [1.82, 2.24) is 14.9 Å². The highest BCUT2D eigenvalue weighted by atomic mass is 16.5. The summed E-state index contributed by atoms with van der Waals surface area (Å²) in [6.45, 7) is 9.23. The van der Waals surface area contributed by atoms with Gasteiger partial charge in [0.1, 0.15) is 5.82 Å². The first-order chi connectivity index (χ1) is 17.1. The van der Waals surface area contributed by atoms with Gasteiger partial charge in [-0.25, -0.2) is 4.98 Å². The number of nitrogen functional groups attached to an aromatic ring is 1. The number of aromatic nitrogens is 2. The molecule has 3 N–H and O–H groups in total. The molecule has 0 saturated carbocycles. The number of likely N-dealkylation sites (tertiary alicyclic amines) is 1. The van der Waals surface area contributed by atoms with Crippen LogP contribution in [0.1, 0.15) is 81.2 Å². The van der Waals surface area contributed by atoms with Crippen LogP contribution < -0.4 is 11.1 Å². The summed E-state index contributed by atoms with van der Waals surface area (Å²) in [4.78, 5) is 23.7. The Morgan fingerprint density at radius 3 is 2.49 bits per heavy atom. The van der Waals surface area contributed by atoms with Crippen molar-refractivity contribution in [2.24, 2.45) is 0 Å². The molecule has 1 aromatic carbocycles. The molecule has 2 heterocycles. The van der Waals surface area contributed by atoms with Crippen LogP contribution >= 0.6 is 0 Å². The van der Waals surface area contributed by atoms with Crippen LogP contribution in [0.5, 0.6) is 0 Å². The molecular weight excluding hydrogens is 438 g/mol. The zero-order valence-corrected chi connectivity index (χ0v) is 21.7. The molecule has 3 rings (SSSR count). The number of benzene rings is 1. The Bertz CT molecular complexity index is 910. The fourth-order valence-corrected chi connectivity index (χ4v) is 4.58. The minimum atomic E-state index is -0.155. The molecule has 1 aliphatic rings. The molecule has 0 bridgehead atoms. The number of hydrogen-bond acceptors (Lipinski definition) is 7. The van der Waals surface area contributed by atoms with E-state index in [-0.39, 0.29) is 5.97 Å². The number of anilines is 2. The van der Waals surface area contributed by atoms with Gasteiger partial charge in [0.2, 0.25) is 5.95 Å². The fourth-order valence-electron chi connectivity index (χ4n) is 4.58. The van der Waals surface area contributed by atoms with E-state index in [0.29, 0.717) is 19.0 Å². The van der Waals surface area contributed by atoms with E-state index in [2.05, 4.69) is 46.2 Å². The quantitative estimate of drug-likeness (QED) is 0.279. The molecule has 192 valence electrons. The summed E-state index contributed by atoms with van der Waals surface area (Å²) < 4.78 is 5.45. The van der Waals surface area contributed by atoms with Gasteiger partial charge in [0.05, 0.1) is 18.7 Å². The maximum absolute atomic E-state index is 12.2. The fraction of sp³-hybridized carbons (Fsp3) is 0.607. The lowest BCUT2D eigenvalue weighted by atomic mass is 10.0. The van der Waals surface area contributed by atoms with E-state index in [0.717, 1.165) is 73.4 Å². The molecule has 1 aromatic heterocycles. The molecule has 0 atom stereocenters. The van der Waals surface area contributed by atoms with Gasteiger partial charge in [0.25, 0.3) is 0 Å². The van der Waals surface area contributed by atoms with Gasteiger partial charge in [-0.2, -0.15) is 4.98 Å². The SMILES string of the molecule is CCCCCNc1nc(N)nc(CC)c1Cc1ccc(CC(=O)OCCCCN2CCCC2)cc1. The summed E-state index contributed by atoms with van der Waals surface area (Å²) in [6.07, 6.45) is 9.95. The van der Waals surface area contributed by atoms with E-state index < -0.39 is 0 Å². The van der Waals surface area contributed by atoms with Crippen molar-refractivity contribution >= 4 is 17.7 Å². The van der Waals surface area contributed by atoms with E-state index in [1.807, 2.05) is 12.1 Å². The molecule has 2 aromatic rings. The highest BCUT2D eigenvalue weighted by Gasteiger charge is 2.14. The summed E-state index contributed by atoms with van der Waals surface area (Å²) in [6, 6.07) is 8.19. The highest BCUT2D eigenvalue weighted by molar-refractivity contribution is 5.72. The lowest BCUT2D eigenvalue weighted by Gasteiger charge is -2.15. The molecule has 7 nitrogen and oxygen atoms in total. The average Bonchev–Trinajstić information content (AvgIpc) is 3.37. The first kappa shape index (κ1) is 26.9. The van der Waals surface area contributed by atoms with Crippen LogP contribution in [-0.4, -0.2) is 53.6 Å². The van der Waals surface area contributed by atoms with E-state index in [1.54, 1.807) is 0 Å². The van der Waals surface area contributed by atoms with Gasteiger partial charge < -0.3 is 20.7 Å². The average molecular weight is 482 g/mol. The number of carbonyl (C=O) groups excluding carboxylic acids is 1. The van der Waals surface area contributed by atoms with Gasteiger partial charge in [-0.15, -0.1) is 0 Å². The molecule has 0 radical (unpaired) electrons. The second-order valence-electron chi connectivity index (χ2n) is 9.49. The minimum Gasteiger partial charge on any atom is -0.465 e. The highest BCUT2D eigenvalue weighted by Crippen LogP contribution is 2.23. The summed E-state index contributed by atoms with van der Waals surface area (Å²) in [5.41, 5.74) is 10.2. The van der Waals surface area contributed by atoms with Gasteiger partial charge in [-0.1, -0.05) is 51.0 Å². The predicted molar refractivity (Wildman–Crippen MR) is 143 cm³/mol. The van der Waals surface area contributed by atoms with Gasteiger partial charge in [-0.3, -0.25) is 4.79 Å². The maximum atomic E-state index is 12.2. The Hall–Kier alpha value is -2.67. The van der Waals surface area contributed by atoms with Crippen LogP contribution in [0.25, 0.3) is 0 Å². The molecule has 7 heteroatoms. The zero-order valence-electron chi connectivity index (χ0n) is 21.7. The third kappa shape index (κ3) is 9.13. The number of unbranched alkanes of at least 4 members (excludes halogenated alkanes) is 3. The number of ether oxygens (including phenoxy) is 1. The van der Waals surface area contributed by atoms with Crippen molar-refractivity contribution in [3.63, 3.8) is 0 Å². The van der Waals surface area contributed by atoms with Crippen molar-refractivity contribution in [1.29, 1.82) is 0 Å². The molecule has 0 amide bonds. The number of nitrogens with zero attached hydrogens (tertiary/aromatic N) is 3. The molecule has 0 unspecified atom stereocenters. The van der Waals surface area contributed by atoms with Gasteiger partial charge in [0.15, 0.2) is 0 Å². The largest absolute Gasteiger partial charge is 0.465 e. The van der Waals surface area contributed by atoms with Crippen molar-refractivity contribution < 1.29 is 9.53 Å². The first-order valence-corrected chi connectivity index (χ1v) is 13.4. The number of aryl methyl sites for hydroxylation is 1. The lowest BCUT2D eigenvalue weighted by Crippen LogP contribution is -2.20. The topological polar surface area (TPSA) is 93.4 Å². The molecule has 0 spiro atoms. The Morgan fingerprint density at radius 1 is 1.03 bits per heavy atom. The second kappa shape index (κ2) is 14.7. The number of nitrogens with one attached hydrogen (secondary N) is 1. The third-order valence-corrected chi connectivity index (χ3v) is 6.60. The monoisotopic (exact) mass is 481 g/mol. The molecule has 0 aliphatic carbocycles. The number of carbonyl (C=O) groups is 1. The van der Waals surface area contributed by atoms with Crippen molar-refractivity contribution in [3.8, 4) is 0 Å². The van der Waals surface area contributed by atoms with Crippen LogP contribution in [0, 0.1) is 0 Å². The lowest BCUT2D eigenvalue weighted by molar-refractivity contribution is -0.142. The van der Waals surface area contributed by atoms with E-state index in [4.69, 9.17) is 10.5 Å². The Kier molecular flexibility index (Phi) is 11.3. The smallest absolute Gasteiger partial charge is 0.310 e. The summed E-state index contributed by atoms with van der Waals surface area (Å²) in [5, 5.41) is 3.47. The van der Waals surface area contributed by atoms with E-state index >= 15 is 0 Å². The van der Waals surface area contributed by atoms with Crippen molar-refractivity contribution in [3.05, 3.63) is 46.6 Å². The Labute approximate surface area is 210 Å². The van der Waals surface area contributed by atoms with Crippen LogP contribution in [-0.2, 0) is 28.8 Å². The maximum Gasteiger partial charge on any atom is 0.310 e. The van der Waals surface area contributed by atoms with Crippen LogP contribution in [0.4, 0.5) is 11.8 Å². The van der Waals surface area contributed by atoms with E-state index in [9.17, 15) is 4.79 Å². The summed E-state index contributed by atoms with van der Waals surface area (Å²) >= 11 is 0. The minimum absolute atomic E-state index is 0.155. The van der Waals surface area contributed by atoms with Crippen molar-refractivity contribution in [2.45, 2.75) is 78.1 Å². The van der Waals surface area contributed by atoms with Crippen LogP contribution in [0.3, 0.4) is 0 Å². The van der Waals surface area contributed by atoms with Crippen LogP contribution in [0.2, 0.25) is 0 Å². The van der Waals surface area contributed by atoms with Gasteiger partial charge in [-0.05, 0) is 69.3 Å². The second-order valence-corrected chi connectivity index (χ2v) is 9.49. The predicted octanol–water partition coefficient (Wildman–Crippen LogP) is 4.78. The molecule has 1 aliphatic heterocycles. The molecule has 35 heavy (non-hydrogen) atoms. The standard InChI is InChI=1S/C28H43N5O2/c1-3-5-6-15-30-27-24(25(4-2)31-28(29)32-27)20-22-11-13-23(14-12-22)21-26(34)35-19-10-9-18-33-16-7-8-17-33/h11-14H,3-10,15-21H2,1-2H3,(H3,29,30,31,32). The molecule has 1 saturated heterocycles. The molecule has 1 fully saturated rings. The van der Waals surface area contributed by atoms with Gasteiger partial charge in [0, 0.05) is 18.5 Å². The summed E-state index contributed by atoms with van der Waals surface area (Å²) in [5.74, 6) is 0.994. The van der Waals surface area contributed by atoms with Gasteiger partial charge >= 0.3 is 5.97 Å². The number of rotatable bonds is 15. The number of hydrogen-bond donors (Lipinski definition) is 2. The third-order valence-electron chi connectivity index (χ3n) is 6.60. The summed E-state index contributed by atoms with van der Waals surface area (Å²) in [7, 11) is 0. The van der Waals surface area contributed by atoms with Crippen LogP contribution in [0.15, 0.2) is 24.3 Å². The van der Waals surface area contributed by atoms with E-state index in [1.165, 1.54) is 38.8 Å². The van der Waals surface area contributed by atoms with Crippen molar-refractivity contribution in [2.75, 3.05) is 43.8 Å². The zero-order chi connectivity index (χ0) is 24.9. The Morgan fingerprint density at radius 2 is 1.77 bits per heavy atom. The normalized spacial score (nSPS) is 13.8. The number of nitrogens with two attached hydrogens (primary N) is 1.